The second kappa shape index (κ2) is 3.57. The van der Waals surface area contributed by atoms with Gasteiger partial charge in [0, 0.05) is 4.88 Å². The summed E-state index contributed by atoms with van der Waals surface area (Å²) in [6.45, 7) is 5.89. The van der Waals surface area contributed by atoms with Crippen LogP contribution in [0.25, 0.3) is 0 Å². The second-order valence-electron chi connectivity index (χ2n) is 3.90. The SMILES string of the molecule is CCC(C)(C)c1ccc(C(F)(F)F)s1. The summed E-state index contributed by atoms with van der Waals surface area (Å²) in [5, 5.41) is 0. The van der Waals surface area contributed by atoms with Crippen molar-refractivity contribution < 1.29 is 13.2 Å². The van der Waals surface area contributed by atoms with Crippen molar-refractivity contribution in [2.24, 2.45) is 0 Å². The Hall–Kier alpha value is -0.510. The lowest BCUT2D eigenvalue weighted by molar-refractivity contribution is -0.134. The second-order valence-corrected chi connectivity index (χ2v) is 4.98. The summed E-state index contributed by atoms with van der Waals surface area (Å²) < 4.78 is 36.9. The molecular formula is C10H13F3S. The predicted octanol–water partition coefficient (Wildman–Crippen LogP) is 4.45. The molecule has 0 aliphatic rings. The van der Waals surface area contributed by atoms with Gasteiger partial charge in [-0.3, -0.25) is 0 Å². The Morgan fingerprint density at radius 3 is 2.00 bits per heavy atom. The molecule has 80 valence electrons. The third kappa shape index (κ3) is 2.29. The molecule has 0 saturated heterocycles. The summed E-state index contributed by atoms with van der Waals surface area (Å²) in [4.78, 5) is 0.293. The van der Waals surface area contributed by atoms with Crippen molar-refractivity contribution in [1.29, 1.82) is 0 Å². The van der Waals surface area contributed by atoms with Crippen molar-refractivity contribution in [3.05, 3.63) is 21.9 Å². The van der Waals surface area contributed by atoms with E-state index in [1.165, 1.54) is 0 Å². The summed E-state index contributed by atoms with van der Waals surface area (Å²) >= 11 is 0.846. The maximum Gasteiger partial charge on any atom is 0.425 e. The van der Waals surface area contributed by atoms with Crippen LogP contribution >= 0.6 is 11.3 Å². The van der Waals surface area contributed by atoms with Gasteiger partial charge in [-0.2, -0.15) is 13.2 Å². The average molecular weight is 222 g/mol. The zero-order chi connectivity index (χ0) is 11.0. The fourth-order valence-corrected chi connectivity index (χ4v) is 2.07. The van der Waals surface area contributed by atoms with E-state index in [1.54, 1.807) is 6.07 Å². The van der Waals surface area contributed by atoms with Crippen molar-refractivity contribution in [3.8, 4) is 0 Å². The highest BCUT2D eigenvalue weighted by atomic mass is 32.1. The molecule has 4 heteroatoms. The Kier molecular flexibility index (Phi) is 2.95. The zero-order valence-corrected chi connectivity index (χ0v) is 9.22. The molecule has 0 amide bonds. The number of rotatable bonds is 2. The normalized spacial score (nSPS) is 13.3. The van der Waals surface area contributed by atoms with E-state index in [0.717, 1.165) is 28.7 Å². The Morgan fingerprint density at radius 2 is 1.64 bits per heavy atom. The van der Waals surface area contributed by atoms with Gasteiger partial charge in [-0.25, -0.2) is 0 Å². The van der Waals surface area contributed by atoms with Gasteiger partial charge in [0.05, 0.1) is 0 Å². The molecule has 0 bridgehead atoms. The van der Waals surface area contributed by atoms with Gasteiger partial charge in [-0.15, -0.1) is 11.3 Å². The van der Waals surface area contributed by atoms with E-state index >= 15 is 0 Å². The molecule has 0 radical (unpaired) electrons. The van der Waals surface area contributed by atoms with Crippen molar-refractivity contribution in [2.75, 3.05) is 0 Å². The number of alkyl halides is 3. The predicted molar refractivity (Wildman–Crippen MR) is 52.6 cm³/mol. The van der Waals surface area contributed by atoms with E-state index in [2.05, 4.69) is 0 Å². The highest BCUT2D eigenvalue weighted by Gasteiger charge is 2.34. The molecule has 0 N–H and O–H groups in total. The zero-order valence-electron chi connectivity index (χ0n) is 8.40. The Morgan fingerprint density at radius 1 is 1.14 bits per heavy atom. The summed E-state index contributed by atoms with van der Waals surface area (Å²) in [5.41, 5.74) is -0.159. The minimum atomic E-state index is -4.20. The molecule has 1 heterocycles. The summed E-state index contributed by atoms with van der Waals surface area (Å²) in [7, 11) is 0. The monoisotopic (exact) mass is 222 g/mol. The van der Waals surface area contributed by atoms with Gasteiger partial charge in [0.1, 0.15) is 4.88 Å². The summed E-state index contributed by atoms with van der Waals surface area (Å²) in [5.74, 6) is 0. The van der Waals surface area contributed by atoms with Crippen molar-refractivity contribution >= 4 is 11.3 Å². The summed E-state index contributed by atoms with van der Waals surface area (Å²) in [6.07, 6.45) is -3.36. The lowest BCUT2D eigenvalue weighted by atomic mass is 9.89. The van der Waals surface area contributed by atoms with Crippen LogP contribution < -0.4 is 0 Å². The molecule has 0 aromatic carbocycles. The Labute approximate surface area is 85.8 Å². The van der Waals surface area contributed by atoms with Crippen LogP contribution in [-0.4, -0.2) is 0 Å². The largest absolute Gasteiger partial charge is 0.425 e. The molecule has 0 unspecified atom stereocenters. The molecule has 0 atom stereocenters. The van der Waals surface area contributed by atoms with Crippen molar-refractivity contribution in [2.45, 2.75) is 38.8 Å². The molecule has 0 saturated carbocycles. The van der Waals surface area contributed by atoms with Crippen LogP contribution in [-0.2, 0) is 11.6 Å². The Balaban J connectivity index is 3.00. The lowest BCUT2D eigenvalue weighted by Crippen LogP contribution is -2.13. The van der Waals surface area contributed by atoms with Gasteiger partial charge >= 0.3 is 6.18 Å². The number of halogens is 3. The van der Waals surface area contributed by atoms with Gasteiger partial charge in [-0.1, -0.05) is 20.8 Å². The van der Waals surface area contributed by atoms with Crippen LogP contribution in [0.4, 0.5) is 13.2 Å². The van der Waals surface area contributed by atoms with Gasteiger partial charge in [0.25, 0.3) is 0 Å². The van der Waals surface area contributed by atoms with Crippen molar-refractivity contribution in [3.63, 3.8) is 0 Å². The minimum Gasteiger partial charge on any atom is -0.165 e. The topological polar surface area (TPSA) is 0 Å². The number of hydrogen-bond donors (Lipinski definition) is 0. The lowest BCUT2D eigenvalue weighted by Gasteiger charge is -2.20. The molecule has 0 nitrogen and oxygen atoms in total. The molecule has 0 aliphatic carbocycles. The van der Waals surface area contributed by atoms with E-state index < -0.39 is 11.1 Å². The fourth-order valence-electron chi connectivity index (χ4n) is 1.03. The van der Waals surface area contributed by atoms with Gasteiger partial charge in [0.15, 0.2) is 0 Å². The highest BCUT2D eigenvalue weighted by molar-refractivity contribution is 7.12. The molecule has 1 rings (SSSR count). The van der Waals surface area contributed by atoms with E-state index in [0.29, 0.717) is 0 Å². The molecule has 1 aromatic rings. The highest BCUT2D eigenvalue weighted by Crippen LogP contribution is 2.39. The van der Waals surface area contributed by atoms with Gasteiger partial charge in [0.2, 0.25) is 0 Å². The van der Waals surface area contributed by atoms with Crippen LogP contribution in [0.5, 0.6) is 0 Å². The minimum absolute atomic E-state index is 0.159. The molecule has 0 fully saturated rings. The first-order valence-electron chi connectivity index (χ1n) is 4.45. The first kappa shape index (κ1) is 11.6. The molecule has 0 aliphatic heterocycles. The van der Waals surface area contributed by atoms with E-state index in [4.69, 9.17) is 0 Å². The third-order valence-electron chi connectivity index (χ3n) is 2.44. The Bertz CT molecular complexity index is 309. The fraction of sp³-hybridized carbons (Fsp3) is 0.600. The number of thiophene rings is 1. The smallest absolute Gasteiger partial charge is 0.165 e. The maximum atomic E-state index is 12.3. The van der Waals surface area contributed by atoms with Crippen LogP contribution in [0, 0.1) is 0 Å². The van der Waals surface area contributed by atoms with E-state index in [-0.39, 0.29) is 5.41 Å². The van der Waals surface area contributed by atoms with Crippen LogP contribution in [0.3, 0.4) is 0 Å². The van der Waals surface area contributed by atoms with Crippen LogP contribution in [0.2, 0.25) is 0 Å². The first-order valence-corrected chi connectivity index (χ1v) is 5.26. The molecular weight excluding hydrogens is 209 g/mol. The van der Waals surface area contributed by atoms with Crippen molar-refractivity contribution in [1.82, 2.24) is 0 Å². The molecule has 14 heavy (non-hydrogen) atoms. The summed E-state index contributed by atoms with van der Waals surface area (Å²) in [6, 6.07) is 2.74. The van der Waals surface area contributed by atoms with E-state index in [9.17, 15) is 13.2 Å². The van der Waals surface area contributed by atoms with Gasteiger partial charge in [-0.05, 0) is 24.0 Å². The van der Waals surface area contributed by atoms with Gasteiger partial charge < -0.3 is 0 Å². The molecule has 1 aromatic heterocycles. The quantitative estimate of drug-likeness (QED) is 0.693. The number of hydrogen-bond acceptors (Lipinski definition) is 1. The van der Waals surface area contributed by atoms with Crippen LogP contribution in [0.1, 0.15) is 36.9 Å². The standard InChI is InChI=1S/C10H13F3S/c1-4-9(2,3)7-5-6-8(14-7)10(11,12)13/h5-6H,4H2,1-3H3. The third-order valence-corrected chi connectivity index (χ3v) is 3.93. The van der Waals surface area contributed by atoms with E-state index in [1.807, 2.05) is 20.8 Å². The average Bonchev–Trinajstić information content (AvgIpc) is 2.51. The first-order chi connectivity index (χ1) is 6.27. The molecule has 0 spiro atoms. The van der Waals surface area contributed by atoms with Crippen LogP contribution in [0.15, 0.2) is 12.1 Å². The maximum absolute atomic E-state index is 12.3.